The third-order valence-corrected chi connectivity index (χ3v) is 5.98. The first-order valence-corrected chi connectivity index (χ1v) is 10.9. The topological polar surface area (TPSA) is 136 Å². The van der Waals surface area contributed by atoms with Gasteiger partial charge in [0.2, 0.25) is 17.4 Å². The minimum atomic E-state index is -1.80. The molecule has 1 fully saturated rings. The first-order chi connectivity index (χ1) is 18.1. The van der Waals surface area contributed by atoms with E-state index in [-0.39, 0.29) is 47.3 Å². The molecule has 38 heavy (non-hydrogen) atoms. The Labute approximate surface area is 209 Å². The zero-order chi connectivity index (χ0) is 27.3. The van der Waals surface area contributed by atoms with Crippen molar-refractivity contribution in [3.63, 3.8) is 0 Å². The molecule has 1 saturated heterocycles. The lowest BCUT2D eigenvalue weighted by Gasteiger charge is -2.14. The van der Waals surface area contributed by atoms with E-state index in [1.165, 1.54) is 4.68 Å². The average Bonchev–Trinajstić information content (AvgIpc) is 3.51. The highest BCUT2D eigenvalue weighted by molar-refractivity contribution is 6.31. The number of carboxylic acid groups (broad SMARTS) is 1. The van der Waals surface area contributed by atoms with E-state index >= 15 is 4.39 Å². The van der Waals surface area contributed by atoms with Gasteiger partial charge in [0.1, 0.15) is 29.4 Å². The van der Waals surface area contributed by atoms with Gasteiger partial charge in [-0.05, 0) is 18.6 Å². The van der Waals surface area contributed by atoms with Crippen molar-refractivity contribution in [2.75, 3.05) is 18.8 Å². The summed E-state index contributed by atoms with van der Waals surface area (Å²) in [6.45, 7) is 0.142. The second-order valence-electron chi connectivity index (χ2n) is 8.29. The second-order valence-corrected chi connectivity index (χ2v) is 8.29. The highest BCUT2D eigenvalue weighted by Gasteiger charge is 2.33. The van der Waals surface area contributed by atoms with Crippen molar-refractivity contribution in [3.05, 3.63) is 59.7 Å². The highest BCUT2D eigenvalue weighted by Crippen LogP contribution is 2.37. The van der Waals surface area contributed by atoms with Crippen molar-refractivity contribution in [2.45, 2.75) is 12.5 Å². The maximum Gasteiger partial charge on any atom is 0.394 e. The van der Waals surface area contributed by atoms with E-state index in [0.717, 1.165) is 29.4 Å². The molecule has 0 aliphatic carbocycles. The summed E-state index contributed by atoms with van der Waals surface area (Å²) in [5.74, 6) is -12.6. The molecule has 1 unspecified atom stereocenters. The maximum atomic E-state index is 15.2. The summed E-state index contributed by atoms with van der Waals surface area (Å²) in [5.41, 5.74) is 6.05. The van der Waals surface area contributed by atoms with Crippen LogP contribution >= 0.6 is 0 Å². The van der Waals surface area contributed by atoms with Crippen LogP contribution in [0.5, 0.6) is 11.5 Å². The maximum absolute atomic E-state index is 15.2. The molecule has 3 heterocycles. The smallest absolute Gasteiger partial charge is 0.394 e. The number of rotatable bonds is 4. The predicted molar refractivity (Wildman–Crippen MR) is 119 cm³/mol. The van der Waals surface area contributed by atoms with Gasteiger partial charge in [0, 0.05) is 30.8 Å². The van der Waals surface area contributed by atoms with E-state index in [1.807, 2.05) is 0 Å². The van der Waals surface area contributed by atoms with Crippen molar-refractivity contribution in [1.82, 2.24) is 24.6 Å². The van der Waals surface area contributed by atoms with E-state index in [9.17, 15) is 27.2 Å². The number of carbonyl (C=O) groups excluding carboxylic acids is 1. The SMILES string of the molecule is Nc1ncnc2c1c(-c1ccc(Oc3c(F)c(F)cc(F)c3F)cc1F)nn2C1CCN(C(=O)C(=O)O)C1. The number of likely N-dealkylation sites (tertiary alicyclic amines) is 1. The predicted octanol–water partition coefficient (Wildman–Crippen LogP) is 3.42. The highest BCUT2D eigenvalue weighted by atomic mass is 19.2. The number of anilines is 1. The number of carboxylic acids is 1. The molecular weight excluding hydrogens is 519 g/mol. The van der Waals surface area contributed by atoms with Gasteiger partial charge >= 0.3 is 11.9 Å². The average molecular weight is 534 g/mol. The number of benzene rings is 2. The Morgan fingerprint density at radius 1 is 1.03 bits per heavy atom. The van der Waals surface area contributed by atoms with Gasteiger partial charge in [-0.25, -0.2) is 32.6 Å². The number of halogens is 5. The van der Waals surface area contributed by atoms with Crippen LogP contribution in [0.4, 0.5) is 27.8 Å². The van der Waals surface area contributed by atoms with Gasteiger partial charge in [-0.1, -0.05) is 0 Å². The number of nitrogens with two attached hydrogens (primary N) is 1. The number of carbonyl (C=O) groups is 2. The Morgan fingerprint density at radius 3 is 2.39 bits per heavy atom. The molecule has 15 heteroatoms. The number of aromatic nitrogens is 4. The van der Waals surface area contributed by atoms with Crippen LogP contribution in [0.2, 0.25) is 0 Å². The van der Waals surface area contributed by atoms with E-state index < -0.39 is 58.5 Å². The monoisotopic (exact) mass is 534 g/mol. The molecule has 2 aromatic heterocycles. The standard InChI is InChI=1S/C23H15F5N6O4/c24-12-5-10(38-19-16(27)13(25)6-14(26)17(19)28)1-2-11(12)18-15-20(29)30-8-31-21(15)34(32-18)9-3-4-33(7-9)22(35)23(36)37/h1-2,5-6,8-9H,3-4,7H2,(H,36,37)(H2,29,30,31). The number of ether oxygens (including phenoxy) is 1. The molecule has 1 aliphatic heterocycles. The molecule has 0 saturated carbocycles. The lowest BCUT2D eigenvalue weighted by atomic mass is 10.1. The lowest BCUT2D eigenvalue weighted by Crippen LogP contribution is -2.34. The van der Waals surface area contributed by atoms with Gasteiger partial charge in [0.05, 0.1) is 11.4 Å². The number of amides is 1. The molecule has 0 spiro atoms. The molecule has 1 aliphatic rings. The van der Waals surface area contributed by atoms with Crippen molar-refractivity contribution in [3.8, 4) is 22.8 Å². The molecule has 196 valence electrons. The van der Waals surface area contributed by atoms with E-state index in [0.29, 0.717) is 6.42 Å². The van der Waals surface area contributed by atoms with E-state index in [1.54, 1.807) is 0 Å². The van der Waals surface area contributed by atoms with Crippen molar-refractivity contribution in [2.24, 2.45) is 0 Å². The molecule has 4 aromatic rings. The van der Waals surface area contributed by atoms with Gasteiger partial charge in [0.15, 0.2) is 17.3 Å². The Morgan fingerprint density at radius 2 is 1.74 bits per heavy atom. The fraction of sp³-hybridized carbons (Fsp3) is 0.174. The number of nitrogens with zero attached hydrogens (tertiary/aromatic N) is 5. The zero-order valence-electron chi connectivity index (χ0n) is 19.0. The Balaban J connectivity index is 1.53. The Bertz CT molecular complexity index is 1600. The van der Waals surface area contributed by atoms with Crippen LogP contribution in [0.1, 0.15) is 12.5 Å². The first kappa shape index (κ1) is 24.9. The zero-order valence-corrected chi connectivity index (χ0v) is 19.0. The summed E-state index contributed by atoms with van der Waals surface area (Å²) in [6, 6.07) is 2.46. The van der Waals surface area contributed by atoms with Gasteiger partial charge in [-0.15, -0.1) is 0 Å². The van der Waals surface area contributed by atoms with Gasteiger partial charge in [-0.3, -0.25) is 4.79 Å². The number of hydrogen-bond acceptors (Lipinski definition) is 7. The minimum absolute atomic E-state index is 0.00183. The lowest BCUT2D eigenvalue weighted by molar-refractivity contribution is -0.155. The number of hydrogen-bond donors (Lipinski definition) is 2. The summed E-state index contributed by atoms with van der Waals surface area (Å²) in [7, 11) is 0. The van der Waals surface area contributed by atoms with Crippen LogP contribution < -0.4 is 10.5 Å². The van der Waals surface area contributed by atoms with Crippen molar-refractivity contribution >= 4 is 28.7 Å². The molecule has 2 aromatic carbocycles. The molecular formula is C23H15F5N6O4. The van der Waals surface area contributed by atoms with Crippen LogP contribution in [-0.2, 0) is 9.59 Å². The summed E-state index contributed by atoms with van der Waals surface area (Å²) in [5, 5.41) is 13.6. The summed E-state index contributed by atoms with van der Waals surface area (Å²) < 4.78 is 76.4. The van der Waals surface area contributed by atoms with Gasteiger partial charge in [-0.2, -0.15) is 13.9 Å². The van der Waals surface area contributed by atoms with Gasteiger partial charge in [0.25, 0.3) is 0 Å². The van der Waals surface area contributed by atoms with Gasteiger partial charge < -0.3 is 20.5 Å². The van der Waals surface area contributed by atoms with E-state index in [4.69, 9.17) is 15.6 Å². The molecule has 10 nitrogen and oxygen atoms in total. The molecule has 3 N–H and O–H groups in total. The minimum Gasteiger partial charge on any atom is -0.474 e. The summed E-state index contributed by atoms with van der Waals surface area (Å²) in [6.07, 6.45) is 1.49. The van der Waals surface area contributed by atoms with Crippen LogP contribution in [0, 0.1) is 29.1 Å². The molecule has 0 radical (unpaired) electrons. The molecule has 5 rings (SSSR count). The Hall–Kier alpha value is -4.82. The van der Waals surface area contributed by atoms with Crippen LogP contribution in [-0.4, -0.2) is 54.7 Å². The van der Waals surface area contributed by atoms with E-state index in [2.05, 4.69) is 15.1 Å². The van der Waals surface area contributed by atoms with Crippen molar-refractivity contribution in [1.29, 1.82) is 0 Å². The van der Waals surface area contributed by atoms with Crippen molar-refractivity contribution < 1.29 is 41.4 Å². The van der Waals surface area contributed by atoms with Crippen LogP contribution in [0.25, 0.3) is 22.3 Å². The molecule has 1 atom stereocenters. The quantitative estimate of drug-likeness (QED) is 0.231. The van der Waals surface area contributed by atoms with Crippen LogP contribution in [0.3, 0.4) is 0 Å². The third kappa shape index (κ3) is 4.10. The normalized spacial score (nSPS) is 15.3. The summed E-state index contributed by atoms with van der Waals surface area (Å²) in [4.78, 5) is 32.1. The largest absolute Gasteiger partial charge is 0.474 e. The van der Waals surface area contributed by atoms with Crippen LogP contribution in [0.15, 0.2) is 30.6 Å². The fourth-order valence-electron chi connectivity index (χ4n) is 4.21. The molecule has 1 amide bonds. The number of nitrogen functional groups attached to an aromatic ring is 1. The molecule has 0 bridgehead atoms. The third-order valence-electron chi connectivity index (χ3n) is 5.98. The second kappa shape index (κ2) is 9.24. The first-order valence-electron chi connectivity index (χ1n) is 10.9. The fourth-order valence-corrected chi connectivity index (χ4v) is 4.21. The number of fused-ring (bicyclic) bond motifs is 1. The Kier molecular flexibility index (Phi) is 6.05. The number of aliphatic carboxylic acids is 1. The summed E-state index contributed by atoms with van der Waals surface area (Å²) >= 11 is 0.